The van der Waals surface area contributed by atoms with E-state index < -0.39 is 9.84 Å². The molecule has 1 fully saturated rings. The van der Waals surface area contributed by atoms with Gasteiger partial charge in [0, 0.05) is 12.3 Å². The van der Waals surface area contributed by atoms with Gasteiger partial charge < -0.3 is 10.6 Å². The molecule has 1 aliphatic rings. The number of nitrogens with zero attached hydrogens (tertiary/aromatic N) is 1. The molecule has 4 nitrogen and oxygen atoms in total. The summed E-state index contributed by atoms with van der Waals surface area (Å²) in [5.41, 5.74) is 5.47. The zero-order valence-corrected chi connectivity index (χ0v) is 12.6. The predicted octanol–water partition coefficient (Wildman–Crippen LogP) is 1.40. The molecule has 0 heterocycles. The Morgan fingerprint density at radius 2 is 1.94 bits per heavy atom. The van der Waals surface area contributed by atoms with Crippen molar-refractivity contribution in [3.63, 3.8) is 0 Å². The van der Waals surface area contributed by atoms with E-state index in [4.69, 9.17) is 5.73 Å². The first-order valence-electron chi connectivity index (χ1n) is 7.04. The van der Waals surface area contributed by atoms with E-state index in [1.54, 1.807) is 0 Å². The molecule has 0 aromatic rings. The first kappa shape index (κ1) is 15.9. The molecule has 2 unspecified atom stereocenters. The first-order valence-corrected chi connectivity index (χ1v) is 8.99. The molecule has 1 rings (SSSR count). The van der Waals surface area contributed by atoms with E-state index in [2.05, 4.69) is 11.9 Å². The van der Waals surface area contributed by atoms with Crippen molar-refractivity contribution < 1.29 is 8.42 Å². The minimum atomic E-state index is -2.86. The van der Waals surface area contributed by atoms with E-state index in [0.717, 1.165) is 51.6 Å². The van der Waals surface area contributed by atoms with Crippen molar-refractivity contribution in [1.82, 2.24) is 4.90 Å². The van der Waals surface area contributed by atoms with Crippen LogP contribution < -0.4 is 5.73 Å². The van der Waals surface area contributed by atoms with Crippen LogP contribution >= 0.6 is 0 Å². The van der Waals surface area contributed by atoms with Gasteiger partial charge in [-0.15, -0.1) is 0 Å². The van der Waals surface area contributed by atoms with Gasteiger partial charge in [-0.3, -0.25) is 0 Å². The summed E-state index contributed by atoms with van der Waals surface area (Å²) in [5.74, 6) is 0. The summed E-state index contributed by atoms with van der Waals surface area (Å²) in [7, 11) is -0.742. The van der Waals surface area contributed by atoms with Crippen LogP contribution in [0.2, 0.25) is 0 Å². The van der Waals surface area contributed by atoms with Gasteiger partial charge in [0.25, 0.3) is 0 Å². The summed E-state index contributed by atoms with van der Waals surface area (Å²) in [6.07, 6.45) is 8.63. The number of sulfone groups is 1. The van der Waals surface area contributed by atoms with E-state index in [9.17, 15) is 8.42 Å². The topological polar surface area (TPSA) is 63.4 Å². The zero-order valence-electron chi connectivity index (χ0n) is 11.8. The van der Waals surface area contributed by atoms with E-state index in [1.807, 2.05) is 0 Å². The van der Waals surface area contributed by atoms with E-state index in [0.29, 0.717) is 6.04 Å². The average molecular weight is 276 g/mol. The molecule has 2 atom stereocenters. The van der Waals surface area contributed by atoms with Crippen LogP contribution in [0.5, 0.6) is 0 Å². The highest BCUT2D eigenvalue weighted by molar-refractivity contribution is 7.91. The van der Waals surface area contributed by atoms with Crippen molar-refractivity contribution in [3.8, 4) is 0 Å². The number of hydrogen-bond donors (Lipinski definition) is 1. The number of hydrogen-bond acceptors (Lipinski definition) is 4. The smallest absolute Gasteiger partial charge is 0.150 e. The third-order valence-electron chi connectivity index (χ3n) is 4.04. The molecular weight excluding hydrogens is 248 g/mol. The molecular formula is C13H28N2O2S. The summed E-state index contributed by atoms with van der Waals surface area (Å²) < 4.78 is 23.2. The van der Waals surface area contributed by atoms with Crippen LogP contribution in [0.25, 0.3) is 0 Å². The quantitative estimate of drug-likeness (QED) is 0.714. The molecule has 0 aromatic heterocycles. The highest BCUT2D eigenvalue weighted by Gasteiger charge is 2.30. The average Bonchev–Trinajstić information content (AvgIpc) is 2.33. The van der Waals surface area contributed by atoms with Crippen molar-refractivity contribution in [1.29, 1.82) is 0 Å². The maximum Gasteiger partial charge on any atom is 0.150 e. The molecule has 1 saturated carbocycles. The van der Waals surface area contributed by atoms with Gasteiger partial charge in [-0.2, -0.15) is 0 Å². The maximum atomic E-state index is 11.6. The summed E-state index contributed by atoms with van der Waals surface area (Å²) in [6, 6.07) is 0.441. The third kappa shape index (κ3) is 5.24. The Morgan fingerprint density at radius 1 is 1.22 bits per heavy atom. The number of unbranched alkanes of at least 4 members (excludes halogenated alkanes) is 2. The molecule has 0 aliphatic heterocycles. The molecule has 2 N–H and O–H groups in total. The molecule has 0 aromatic carbocycles. The van der Waals surface area contributed by atoms with Crippen LogP contribution in [0.1, 0.15) is 44.9 Å². The Bertz CT molecular complexity index is 330. The van der Waals surface area contributed by atoms with Gasteiger partial charge in [-0.05, 0) is 52.2 Å². The molecule has 5 heteroatoms. The SMILES string of the molecule is CN(CCCCCN)C1CCCC(S(C)(=O)=O)C1. The van der Waals surface area contributed by atoms with Crippen molar-refractivity contribution >= 4 is 9.84 Å². The van der Waals surface area contributed by atoms with Crippen LogP contribution in [-0.4, -0.2) is 51.0 Å². The monoisotopic (exact) mass is 276 g/mol. The lowest BCUT2D eigenvalue weighted by Crippen LogP contribution is -2.40. The highest BCUT2D eigenvalue weighted by atomic mass is 32.2. The molecule has 0 saturated heterocycles. The molecule has 108 valence electrons. The summed E-state index contributed by atoms with van der Waals surface area (Å²) in [4.78, 5) is 2.34. The Labute approximate surface area is 112 Å². The Hall–Kier alpha value is -0.130. The minimum absolute atomic E-state index is 0.122. The minimum Gasteiger partial charge on any atom is -0.330 e. The van der Waals surface area contributed by atoms with Crippen LogP contribution in [0.3, 0.4) is 0 Å². The first-order chi connectivity index (χ1) is 8.45. The van der Waals surface area contributed by atoms with Crippen molar-refractivity contribution in [2.24, 2.45) is 5.73 Å². The van der Waals surface area contributed by atoms with Crippen LogP contribution in [0.4, 0.5) is 0 Å². The van der Waals surface area contributed by atoms with Crippen molar-refractivity contribution in [2.45, 2.75) is 56.2 Å². The van der Waals surface area contributed by atoms with Crippen LogP contribution in [0.15, 0.2) is 0 Å². The van der Waals surface area contributed by atoms with Crippen LogP contribution in [-0.2, 0) is 9.84 Å². The normalized spacial score (nSPS) is 25.6. The molecule has 0 spiro atoms. The van der Waals surface area contributed by atoms with Crippen molar-refractivity contribution in [3.05, 3.63) is 0 Å². The highest BCUT2D eigenvalue weighted by Crippen LogP contribution is 2.26. The second kappa shape index (κ2) is 7.46. The van der Waals surface area contributed by atoms with Gasteiger partial charge in [-0.25, -0.2) is 8.42 Å². The maximum absolute atomic E-state index is 11.6. The number of rotatable bonds is 7. The van der Waals surface area contributed by atoms with Gasteiger partial charge in [0.1, 0.15) is 9.84 Å². The van der Waals surface area contributed by atoms with Crippen LogP contribution in [0, 0.1) is 0 Å². The Morgan fingerprint density at radius 3 is 2.56 bits per heavy atom. The van der Waals surface area contributed by atoms with Gasteiger partial charge in [-0.1, -0.05) is 12.8 Å². The van der Waals surface area contributed by atoms with E-state index in [1.165, 1.54) is 12.7 Å². The predicted molar refractivity (Wildman–Crippen MR) is 76.4 cm³/mol. The largest absolute Gasteiger partial charge is 0.330 e. The van der Waals surface area contributed by atoms with Crippen molar-refractivity contribution in [2.75, 3.05) is 26.4 Å². The standard InChI is InChI=1S/C13H28N2O2S/c1-15(10-5-3-4-9-14)12-7-6-8-13(11-12)18(2,16)17/h12-13H,3-11,14H2,1-2H3. The third-order valence-corrected chi connectivity index (χ3v) is 5.68. The fourth-order valence-electron chi connectivity index (χ4n) is 2.77. The van der Waals surface area contributed by atoms with Gasteiger partial charge in [0.15, 0.2) is 0 Å². The van der Waals surface area contributed by atoms with E-state index >= 15 is 0 Å². The lowest BCUT2D eigenvalue weighted by atomic mass is 9.94. The summed E-state index contributed by atoms with van der Waals surface area (Å²) >= 11 is 0. The molecule has 0 radical (unpaired) electrons. The Kier molecular flexibility index (Phi) is 6.60. The summed E-state index contributed by atoms with van der Waals surface area (Å²) in [6.45, 7) is 1.82. The molecule has 18 heavy (non-hydrogen) atoms. The van der Waals surface area contributed by atoms with E-state index in [-0.39, 0.29) is 5.25 Å². The molecule has 0 amide bonds. The van der Waals surface area contributed by atoms with Gasteiger partial charge in [0.05, 0.1) is 5.25 Å². The zero-order chi connectivity index (χ0) is 13.6. The molecule has 0 bridgehead atoms. The lowest BCUT2D eigenvalue weighted by Gasteiger charge is -2.34. The Balaban J connectivity index is 2.36. The fourth-order valence-corrected chi connectivity index (χ4v) is 3.94. The molecule has 1 aliphatic carbocycles. The summed E-state index contributed by atoms with van der Waals surface area (Å²) in [5, 5.41) is -0.122. The fraction of sp³-hybridized carbons (Fsp3) is 1.00. The number of nitrogens with two attached hydrogens (primary N) is 1. The van der Waals surface area contributed by atoms with Gasteiger partial charge >= 0.3 is 0 Å². The van der Waals surface area contributed by atoms with Gasteiger partial charge in [0.2, 0.25) is 0 Å². The second-order valence-corrected chi connectivity index (χ2v) is 7.93. The second-order valence-electron chi connectivity index (χ2n) is 5.60. The lowest BCUT2D eigenvalue weighted by molar-refractivity contribution is 0.190.